The molecule has 1 saturated heterocycles. The molecule has 0 radical (unpaired) electrons. The Balaban J connectivity index is 0.00000176. The Morgan fingerprint density at radius 1 is 1.32 bits per heavy atom. The van der Waals surface area contributed by atoms with Crippen molar-refractivity contribution >= 4 is 29.9 Å². The normalized spacial score (nSPS) is 18.4. The Kier molecular flexibility index (Phi) is 6.36. The van der Waals surface area contributed by atoms with E-state index in [9.17, 15) is 4.79 Å². The zero-order valence-electron chi connectivity index (χ0n) is 12.4. The standard InChI is InChI=1S/C16H21ClN2O2.ClH/c17-12-5-6-15(21-13-3-1-2-4-13)14(7-12)16(20)19-10-11-8-18-9-11;/h5-7,11,13,18H,1-4,8-10H2,(H,19,20);1H. The van der Waals surface area contributed by atoms with Gasteiger partial charge in [0.1, 0.15) is 5.75 Å². The fourth-order valence-electron chi connectivity index (χ4n) is 2.79. The van der Waals surface area contributed by atoms with Crippen molar-refractivity contribution in [3.63, 3.8) is 0 Å². The lowest BCUT2D eigenvalue weighted by molar-refractivity contribution is 0.0935. The van der Waals surface area contributed by atoms with Gasteiger partial charge in [0, 0.05) is 30.6 Å². The topological polar surface area (TPSA) is 50.4 Å². The molecule has 1 aliphatic heterocycles. The van der Waals surface area contributed by atoms with Crippen molar-refractivity contribution in [1.29, 1.82) is 0 Å². The maximum atomic E-state index is 12.4. The molecule has 1 aromatic carbocycles. The number of carbonyl (C=O) groups excluding carboxylic acids is 1. The molecule has 122 valence electrons. The van der Waals surface area contributed by atoms with Gasteiger partial charge in [-0.25, -0.2) is 0 Å². The maximum absolute atomic E-state index is 12.4. The Hall–Kier alpha value is -0.970. The molecule has 1 amide bonds. The molecule has 0 unspecified atom stereocenters. The Morgan fingerprint density at radius 3 is 2.68 bits per heavy atom. The van der Waals surface area contributed by atoms with Crippen LogP contribution in [0.3, 0.4) is 0 Å². The Labute approximate surface area is 142 Å². The van der Waals surface area contributed by atoms with E-state index in [0.29, 0.717) is 28.8 Å². The van der Waals surface area contributed by atoms with Crippen molar-refractivity contribution in [3.05, 3.63) is 28.8 Å². The summed E-state index contributed by atoms with van der Waals surface area (Å²) in [5.41, 5.74) is 0.543. The molecular weight excluding hydrogens is 323 g/mol. The van der Waals surface area contributed by atoms with Crippen LogP contribution in [0.5, 0.6) is 5.75 Å². The summed E-state index contributed by atoms with van der Waals surface area (Å²) in [6.07, 6.45) is 4.77. The molecule has 1 aliphatic carbocycles. The summed E-state index contributed by atoms with van der Waals surface area (Å²) in [7, 11) is 0. The summed E-state index contributed by atoms with van der Waals surface area (Å²) >= 11 is 6.03. The minimum atomic E-state index is -0.0996. The second-order valence-electron chi connectivity index (χ2n) is 5.90. The summed E-state index contributed by atoms with van der Waals surface area (Å²) < 4.78 is 6.00. The van der Waals surface area contributed by atoms with Crippen molar-refractivity contribution in [3.8, 4) is 5.75 Å². The van der Waals surface area contributed by atoms with Crippen LogP contribution in [0.1, 0.15) is 36.0 Å². The molecule has 2 fully saturated rings. The molecule has 0 bridgehead atoms. The van der Waals surface area contributed by atoms with Gasteiger partial charge >= 0.3 is 0 Å². The summed E-state index contributed by atoms with van der Waals surface area (Å²) in [6.45, 7) is 2.64. The van der Waals surface area contributed by atoms with E-state index in [4.69, 9.17) is 16.3 Å². The number of hydrogen-bond donors (Lipinski definition) is 2. The van der Waals surface area contributed by atoms with Crippen molar-refractivity contribution in [2.45, 2.75) is 31.8 Å². The molecule has 0 atom stereocenters. The molecule has 3 rings (SSSR count). The molecule has 1 aromatic rings. The Morgan fingerprint density at radius 2 is 2.05 bits per heavy atom. The summed E-state index contributed by atoms with van der Waals surface area (Å²) in [5.74, 6) is 1.08. The van der Waals surface area contributed by atoms with Crippen molar-refractivity contribution in [2.24, 2.45) is 5.92 Å². The monoisotopic (exact) mass is 344 g/mol. The summed E-state index contributed by atoms with van der Waals surface area (Å²) in [6, 6.07) is 5.28. The van der Waals surface area contributed by atoms with Gasteiger partial charge in [-0.1, -0.05) is 11.6 Å². The Bertz CT molecular complexity index is 515. The van der Waals surface area contributed by atoms with E-state index in [2.05, 4.69) is 10.6 Å². The third kappa shape index (κ3) is 4.28. The molecule has 6 heteroatoms. The van der Waals surface area contributed by atoms with Crippen LogP contribution in [-0.2, 0) is 0 Å². The second kappa shape index (κ2) is 8.04. The van der Waals surface area contributed by atoms with Crippen molar-refractivity contribution in [2.75, 3.05) is 19.6 Å². The van der Waals surface area contributed by atoms with Gasteiger partial charge in [-0.05, 0) is 43.9 Å². The largest absolute Gasteiger partial charge is 0.490 e. The molecule has 2 N–H and O–H groups in total. The fraction of sp³-hybridized carbons (Fsp3) is 0.562. The van der Waals surface area contributed by atoms with Crippen molar-refractivity contribution in [1.82, 2.24) is 10.6 Å². The third-order valence-electron chi connectivity index (χ3n) is 4.20. The lowest BCUT2D eigenvalue weighted by Gasteiger charge is -2.27. The lowest BCUT2D eigenvalue weighted by Crippen LogP contribution is -2.48. The average molecular weight is 345 g/mol. The predicted octanol–water partition coefficient (Wildman–Crippen LogP) is 3.03. The van der Waals surface area contributed by atoms with E-state index >= 15 is 0 Å². The maximum Gasteiger partial charge on any atom is 0.255 e. The number of ether oxygens (including phenoxy) is 1. The molecule has 4 nitrogen and oxygen atoms in total. The van der Waals surface area contributed by atoms with Crippen LogP contribution in [0.15, 0.2) is 18.2 Å². The van der Waals surface area contributed by atoms with E-state index in [0.717, 1.165) is 25.9 Å². The first-order valence-corrected chi connectivity index (χ1v) is 8.05. The van der Waals surface area contributed by atoms with Gasteiger partial charge in [-0.2, -0.15) is 0 Å². The lowest BCUT2D eigenvalue weighted by atomic mass is 10.0. The van der Waals surface area contributed by atoms with Gasteiger partial charge in [-0.15, -0.1) is 12.4 Å². The second-order valence-corrected chi connectivity index (χ2v) is 6.34. The number of hydrogen-bond acceptors (Lipinski definition) is 3. The smallest absolute Gasteiger partial charge is 0.255 e. The number of rotatable bonds is 5. The van der Waals surface area contributed by atoms with Crippen LogP contribution in [-0.4, -0.2) is 31.6 Å². The van der Waals surface area contributed by atoms with Crippen LogP contribution in [0.4, 0.5) is 0 Å². The van der Waals surface area contributed by atoms with Crippen LogP contribution < -0.4 is 15.4 Å². The minimum absolute atomic E-state index is 0. The van der Waals surface area contributed by atoms with Gasteiger partial charge < -0.3 is 15.4 Å². The fourth-order valence-corrected chi connectivity index (χ4v) is 2.97. The highest BCUT2D eigenvalue weighted by molar-refractivity contribution is 6.31. The van der Waals surface area contributed by atoms with Crippen LogP contribution in [0.25, 0.3) is 0 Å². The molecule has 22 heavy (non-hydrogen) atoms. The number of nitrogens with one attached hydrogen (secondary N) is 2. The molecule has 0 aromatic heterocycles. The number of carbonyl (C=O) groups is 1. The van der Waals surface area contributed by atoms with Crippen LogP contribution >= 0.6 is 24.0 Å². The van der Waals surface area contributed by atoms with Gasteiger partial charge in [0.2, 0.25) is 0 Å². The van der Waals surface area contributed by atoms with E-state index in [-0.39, 0.29) is 24.4 Å². The van der Waals surface area contributed by atoms with Crippen molar-refractivity contribution < 1.29 is 9.53 Å². The molecule has 2 aliphatic rings. The predicted molar refractivity (Wildman–Crippen MR) is 90.3 cm³/mol. The van der Waals surface area contributed by atoms with Gasteiger partial charge in [-0.3, -0.25) is 4.79 Å². The minimum Gasteiger partial charge on any atom is -0.490 e. The van der Waals surface area contributed by atoms with E-state index in [1.54, 1.807) is 18.2 Å². The molecule has 0 spiro atoms. The number of halogens is 2. The van der Waals surface area contributed by atoms with Crippen LogP contribution in [0, 0.1) is 5.92 Å². The van der Waals surface area contributed by atoms with E-state index < -0.39 is 0 Å². The molecular formula is C16H22Cl2N2O2. The van der Waals surface area contributed by atoms with Crippen LogP contribution in [0.2, 0.25) is 5.02 Å². The zero-order valence-corrected chi connectivity index (χ0v) is 14.0. The highest BCUT2D eigenvalue weighted by atomic mass is 35.5. The van der Waals surface area contributed by atoms with Gasteiger partial charge in [0.05, 0.1) is 11.7 Å². The van der Waals surface area contributed by atoms with E-state index in [1.807, 2.05) is 0 Å². The average Bonchev–Trinajstić information content (AvgIpc) is 2.92. The quantitative estimate of drug-likeness (QED) is 0.863. The van der Waals surface area contributed by atoms with E-state index in [1.165, 1.54) is 12.8 Å². The summed E-state index contributed by atoms with van der Waals surface area (Å²) in [4.78, 5) is 12.4. The van der Waals surface area contributed by atoms with Gasteiger partial charge in [0.25, 0.3) is 5.91 Å². The summed E-state index contributed by atoms with van der Waals surface area (Å²) in [5, 5.41) is 6.73. The highest BCUT2D eigenvalue weighted by Crippen LogP contribution is 2.28. The zero-order chi connectivity index (χ0) is 14.7. The SMILES string of the molecule is Cl.O=C(NCC1CNC1)c1cc(Cl)ccc1OC1CCCC1. The third-order valence-corrected chi connectivity index (χ3v) is 4.43. The highest BCUT2D eigenvalue weighted by Gasteiger charge is 2.22. The number of amides is 1. The first-order valence-electron chi connectivity index (χ1n) is 7.67. The first kappa shape index (κ1) is 17.4. The first-order chi connectivity index (χ1) is 10.2. The van der Waals surface area contributed by atoms with Gasteiger partial charge in [0.15, 0.2) is 0 Å². The molecule has 1 heterocycles. The molecule has 1 saturated carbocycles. The number of benzene rings is 1.